The van der Waals surface area contributed by atoms with Crippen LogP contribution in [0.1, 0.15) is 39.8 Å². The van der Waals surface area contributed by atoms with Crippen molar-refractivity contribution in [2.24, 2.45) is 15.9 Å². The number of pyridine rings is 1. The van der Waals surface area contributed by atoms with Crippen molar-refractivity contribution in [1.82, 2.24) is 10.3 Å². The first-order valence-corrected chi connectivity index (χ1v) is 20.7. The minimum Gasteiger partial charge on any atom is -0.457 e. The Hall–Kier alpha value is -7.63. The summed E-state index contributed by atoms with van der Waals surface area (Å²) in [5, 5.41) is 4.91. The van der Waals surface area contributed by atoms with Crippen molar-refractivity contribution in [3.05, 3.63) is 234 Å². The first-order valence-electron chi connectivity index (χ1n) is 20.7. The Morgan fingerprint density at radius 3 is 1.90 bits per heavy atom. The number of nitrogens with zero attached hydrogens (tertiary/aromatic N) is 3. The van der Waals surface area contributed by atoms with Gasteiger partial charge in [-0.15, -0.1) is 0 Å². The van der Waals surface area contributed by atoms with E-state index < -0.39 is 5.41 Å². The normalized spacial score (nSPS) is 17.7. The molecule has 7 aromatic carbocycles. The van der Waals surface area contributed by atoms with Crippen LogP contribution >= 0.6 is 0 Å². The molecule has 2 unspecified atom stereocenters. The van der Waals surface area contributed by atoms with E-state index in [-0.39, 0.29) is 12.1 Å². The molecule has 3 heterocycles. The van der Waals surface area contributed by atoms with Crippen molar-refractivity contribution >= 4 is 22.6 Å². The van der Waals surface area contributed by atoms with Gasteiger partial charge in [0.15, 0.2) is 5.84 Å². The van der Waals surface area contributed by atoms with Crippen LogP contribution in [0.25, 0.3) is 44.3 Å². The fourth-order valence-electron chi connectivity index (χ4n) is 9.88. The number of rotatable bonds is 5. The summed E-state index contributed by atoms with van der Waals surface area (Å²) in [7, 11) is 0. The number of benzene rings is 7. The second kappa shape index (κ2) is 13.7. The first kappa shape index (κ1) is 34.4. The van der Waals surface area contributed by atoms with Gasteiger partial charge in [-0.25, -0.2) is 9.98 Å². The lowest BCUT2D eigenvalue weighted by Crippen LogP contribution is -2.43. The van der Waals surface area contributed by atoms with Gasteiger partial charge in [0.05, 0.1) is 10.9 Å². The van der Waals surface area contributed by atoms with Gasteiger partial charge in [-0.2, -0.15) is 0 Å². The summed E-state index contributed by atoms with van der Waals surface area (Å²) in [6.45, 7) is 0. The minimum atomic E-state index is -0.606. The highest BCUT2D eigenvalue weighted by atomic mass is 16.5. The van der Waals surface area contributed by atoms with E-state index in [1.165, 1.54) is 33.4 Å². The molecule has 0 fully saturated rings. The van der Waals surface area contributed by atoms with E-state index >= 15 is 0 Å². The van der Waals surface area contributed by atoms with Gasteiger partial charge in [-0.1, -0.05) is 164 Å². The van der Waals surface area contributed by atoms with Crippen LogP contribution in [0.3, 0.4) is 0 Å². The Bertz CT molecular complexity index is 3100. The van der Waals surface area contributed by atoms with Crippen LogP contribution in [0, 0.1) is 5.92 Å². The maximum atomic E-state index is 6.66. The van der Waals surface area contributed by atoms with Crippen molar-refractivity contribution in [2.75, 3.05) is 0 Å². The Morgan fingerprint density at radius 2 is 1.18 bits per heavy atom. The number of ether oxygens (including phenoxy) is 1. The summed E-state index contributed by atoms with van der Waals surface area (Å²) in [5.74, 6) is 3.50. The monoisotopic (exact) mass is 770 g/mol. The maximum absolute atomic E-state index is 6.66. The zero-order chi connectivity index (χ0) is 39.6. The number of aromatic nitrogens is 1. The lowest BCUT2D eigenvalue weighted by Gasteiger charge is -2.39. The van der Waals surface area contributed by atoms with Gasteiger partial charge in [0.2, 0.25) is 0 Å². The van der Waals surface area contributed by atoms with Gasteiger partial charge in [0.25, 0.3) is 0 Å². The third kappa shape index (κ3) is 5.29. The van der Waals surface area contributed by atoms with E-state index in [2.05, 4.69) is 175 Å². The molecule has 2 atom stereocenters. The van der Waals surface area contributed by atoms with Crippen LogP contribution in [0.5, 0.6) is 11.5 Å². The van der Waals surface area contributed by atoms with Crippen LogP contribution in [0.2, 0.25) is 0 Å². The van der Waals surface area contributed by atoms with Gasteiger partial charge in [0.1, 0.15) is 23.5 Å². The third-order valence-electron chi connectivity index (χ3n) is 12.6. The molecule has 1 aromatic heterocycles. The number of fused-ring (bicyclic) bond motifs is 10. The molecule has 2 aliphatic carbocycles. The number of para-hydroxylation sites is 2. The molecule has 8 aromatic rings. The summed E-state index contributed by atoms with van der Waals surface area (Å²) in [6, 6.07) is 60.6. The molecule has 284 valence electrons. The standard InChI is InChI=1S/C55H38N4O/c1-4-15-35(16-5-1)40-28-29-41(51-42(40)21-14-32-56-51)38-26-30-45-43(33-38)44-34-39(54-58-52(36-17-6-2-7-18-36)57-53(59-54)37-19-8-3-9-20-37)27-31-46(44)55(45)47-22-10-12-24-49(47)60-50-25-13-11-23-48(50)55/h1-19,21-34,37,53H,20H2,(H,57,58,59). The Morgan fingerprint density at radius 1 is 0.533 bits per heavy atom. The second-order valence-electron chi connectivity index (χ2n) is 15.9. The quantitative estimate of drug-likeness (QED) is 0.190. The zero-order valence-electron chi connectivity index (χ0n) is 32.7. The molecular formula is C55H38N4O. The fraction of sp³-hybridized carbons (Fsp3) is 0.0727. The molecule has 0 saturated carbocycles. The van der Waals surface area contributed by atoms with Crippen molar-refractivity contribution in [1.29, 1.82) is 0 Å². The van der Waals surface area contributed by atoms with Crippen LogP contribution in [0.15, 0.2) is 210 Å². The van der Waals surface area contributed by atoms with Crippen LogP contribution < -0.4 is 10.1 Å². The number of allylic oxidation sites excluding steroid dienone is 3. The summed E-state index contributed by atoms with van der Waals surface area (Å²) in [6.07, 6.45) is 11.4. The predicted octanol–water partition coefficient (Wildman–Crippen LogP) is 12.3. The van der Waals surface area contributed by atoms with Crippen LogP contribution in [-0.2, 0) is 5.41 Å². The van der Waals surface area contributed by atoms with Crippen LogP contribution in [0.4, 0.5) is 0 Å². The number of hydrogen-bond donors (Lipinski definition) is 1. The van der Waals surface area contributed by atoms with E-state index in [0.29, 0.717) is 0 Å². The molecule has 5 heteroatoms. The highest BCUT2D eigenvalue weighted by molar-refractivity contribution is 6.13. The summed E-state index contributed by atoms with van der Waals surface area (Å²) in [5.41, 5.74) is 14.0. The molecule has 5 nitrogen and oxygen atoms in total. The lowest BCUT2D eigenvalue weighted by atomic mass is 9.66. The molecule has 1 spiro atoms. The first-order chi connectivity index (χ1) is 29.7. The smallest absolute Gasteiger partial charge is 0.159 e. The molecule has 4 aliphatic rings. The summed E-state index contributed by atoms with van der Waals surface area (Å²) in [4.78, 5) is 15.4. The highest BCUT2D eigenvalue weighted by Gasteiger charge is 2.51. The molecule has 0 amide bonds. The fourth-order valence-corrected chi connectivity index (χ4v) is 9.88. The number of aliphatic imine (C=N–C) groups is 2. The highest BCUT2D eigenvalue weighted by Crippen LogP contribution is 2.62. The number of amidine groups is 2. The number of hydrogen-bond acceptors (Lipinski definition) is 5. The number of nitrogens with one attached hydrogen (secondary N) is 1. The van der Waals surface area contributed by atoms with Crippen molar-refractivity contribution in [3.63, 3.8) is 0 Å². The summed E-state index contributed by atoms with van der Waals surface area (Å²) < 4.78 is 6.66. The van der Waals surface area contributed by atoms with Crippen molar-refractivity contribution in [2.45, 2.75) is 18.0 Å². The predicted molar refractivity (Wildman–Crippen MR) is 243 cm³/mol. The van der Waals surface area contributed by atoms with Gasteiger partial charge in [-0.05, 0) is 75.7 Å². The van der Waals surface area contributed by atoms with E-state index in [9.17, 15) is 0 Å². The third-order valence-corrected chi connectivity index (χ3v) is 12.6. The molecular weight excluding hydrogens is 733 g/mol. The molecule has 0 saturated heterocycles. The van der Waals surface area contributed by atoms with Crippen molar-refractivity contribution in [3.8, 4) is 44.9 Å². The molecule has 0 radical (unpaired) electrons. The largest absolute Gasteiger partial charge is 0.457 e. The SMILES string of the molecule is C1=CCC(C2N=C(c3ccccc3)N=C(c3ccc4c(c3)-c3cc(-c5ccc(-c6ccccc6)c6cccnc56)ccc3C43c4ccccc4Oc4ccccc43)N2)C=C1. The topological polar surface area (TPSA) is 58.9 Å². The van der Waals surface area contributed by atoms with E-state index in [4.69, 9.17) is 19.7 Å². The zero-order valence-corrected chi connectivity index (χ0v) is 32.7. The van der Waals surface area contributed by atoms with E-state index in [0.717, 1.165) is 73.9 Å². The minimum absolute atomic E-state index is 0.165. The van der Waals surface area contributed by atoms with Gasteiger partial charge in [-0.3, -0.25) is 4.98 Å². The Balaban J connectivity index is 1.08. The van der Waals surface area contributed by atoms with E-state index in [1.54, 1.807) is 0 Å². The summed E-state index contributed by atoms with van der Waals surface area (Å²) >= 11 is 0. The van der Waals surface area contributed by atoms with Gasteiger partial charge >= 0.3 is 0 Å². The molecule has 0 bridgehead atoms. The lowest BCUT2D eigenvalue weighted by molar-refractivity contribution is 0.436. The molecule has 1 N–H and O–H groups in total. The molecule has 60 heavy (non-hydrogen) atoms. The maximum Gasteiger partial charge on any atom is 0.159 e. The average molecular weight is 771 g/mol. The Kier molecular flexibility index (Phi) is 7.88. The van der Waals surface area contributed by atoms with E-state index in [1.807, 2.05) is 30.5 Å². The molecule has 12 rings (SSSR count). The Labute approximate surface area is 348 Å². The van der Waals surface area contributed by atoms with Gasteiger partial charge < -0.3 is 10.1 Å². The van der Waals surface area contributed by atoms with Gasteiger partial charge in [0, 0.05) is 45.3 Å². The molecule has 2 aliphatic heterocycles. The second-order valence-corrected chi connectivity index (χ2v) is 15.9. The average Bonchev–Trinajstić information content (AvgIpc) is 3.61. The van der Waals surface area contributed by atoms with Crippen molar-refractivity contribution < 1.29 is 4.74 Å². The van der Waals surface area contributed by atoms with Crippen LogP contribution in [-0.4, -0.2) is 22.8 Å².